The van der Waals surface area contributed by atoms with Gasteiger partial charge in [-0.25, -0.2) is 4.79 Å². The highest BCUT2D eigenvalue weighted by Gasteiger charge is 2.53. The summed E-state index contributed by atoms with van der Waals surface area (Å²) in [7, 11) is 0. The van der Waals surface area contributed by atoms with Gasteiger partial charge in [-0.05, 0) is 31.6 Å². The Morgan fingerprint density at radius 2 is 1.39 bits per heavy atom. The summed E-state index contributed by atoms with van der Waals surface area (Å²) in [5.41, 5.74) is 1.34. The zero-order chi connectivity index (χ0) is 22.4. The van der Waals surface area contributed by atoms with Crippen LogP contribution in [0.4, 0.5) is 0 Å². The summed E-state index contributed by atoms with van der Waals surface area (Å²) >= 11 is 0. The molecule has 3 aliphatic carbocycles. The molecule has 3 heterocycles. The second-order valence-electron chi connectivity index (χ2n) is 10.1. The van der Waals surface area contributed by atoms with E-state index in [4.69, 9.17) is 9.84 Å². The second-order valence-corrected chi connectivity index (χ2v) is 10.1. The van der Waals surface area contributed by atoms with Crippen molar-refractivity contribution >= 4 is 11.9 Å². The van der Waals surface area contributed by atoms with E-state index in [0.717, 1.165) is 24.8 Å². The quantitative estimate of drug-likeness (QED) is 0.201. The van der Waals surface area contributed by atoms with Crippen molar-refractivity contribution in [3.63, 3.8) is 0 Å². The van der Waals surface area contributed by atoms with E-state index in [1.165, 1.54) is 96.3 Å². The van der Waals surface area contributed by atoms with Gasteiger partial charge in [0, 0.05) is 17.4 Å². The lowest BCUT2D eigenvalue weighted by Gasteiger charge is -2.47. The van der Waals surface area contributed by atoms with E-state index in [1.807, 2.05) is 0 Å². The molecular weight excluding hydrogens is 388 g/mol. The molecule has 2 saturated heterocycles. The first kappa shape index (κ1) is 25.9. The number of esters is 1. The predicted octanol–water partition coefficient (Wildman–Crippen LogP) is 7.60. The van der Waals surface area contributed by atoms with Gasteiger partial charge in [0.05, 0.1) is 6.61 Å². The summed E-state index contributed by atoms with van der Waals surface area (Å²) in [6.45, 7) is 2.94. The highest BCUT2D eigenvalue weighted by Crippen LogP contribution is 2.57. The van der Waals surface area contributed by atoms with Crippen LogP contribution in [-0.4, -0.2) is 23.7 Å². The molecule has 0 aromatic carbocycles. The van der Waals surface area contributed by atoms with Crippen LogP contribution >= 0.6 is 0 Å². The molecule has 0 aromatic heterocycles. The number of carbonyl (C=O) groups excluding carboxylic acids is 1. The average Bonchev–Trinajstić information content (AvgIpc) is 3.05. The molecule has 31 heavy (non-hydrogen) atoms. The third-order valence-corrected chi connectivity index (χ3v) is 7.29. The van der Waals surface area contributed by atoms with Crippen molar-refractivity contribution in [2.75, 3.05) is 6.61 Å². The number of unbranched alkanes of at least 4 members (excludes halogenated alkanes) is 14. The van der Waals surface area contributed by atoms with Gasteiger partial charge < -0.3 is 9.84 Å². The topological polar surface area (TPSA) is 63.6 Å². The third-order valence-electron chi connectivity index (χ3n) is 7.29. The van der Waals surface area contributed by atoms with Crippen LogP contribution in [-0.2, 0) is 14.3 Å². The third kappa shape index (κ3) is 9.78. The minimum absolute atomic E-state index is 0.0492. The van der Waals surface area contributed by atoms with E-state index in [1.54, 1.807) is 0 Å². The van der Waals surface area contributed by atoms with E-state index in [0.29, 0.717) is 24.4 Å². The van der Waals surface area contributed by atoms with Crippen LogP contribution in [0.25, 0.3) is 0 Å². The van der Waals surface area contributed by atoms with Crippen molar-refractivity contribution in [2.24, 2.45) is 11.3 Å². The van der Waals surface area contributed by atoms with Crippen molar-refractivity contribution < 1.29 is 19.4 Å². The van der Waals surface area contributed by atoms with E-state index >= 15 is 0 Å². The fraction of sp³-hybridized carbons (Fsp3) is 0.852. The van der Waals surface area contributed by atoms with Gasteiger partial charge in [-0.15, -0.1) is 0 Å². The number of rotatable bonds is 16. The van der Waals surface area contributed by atoms with E-state index in [2.05, 4.69) is 13.0 Å². The summed E-state index contributed by atoms with van der Waals surface area (Å²) < 4.78 is 5.13. The van der Waals surface area contributed by atoms with Gasteiger partial charge in [-0.2, -0.15) is 0 Å². The molecule has 0 atom stereocenters. The molecule has 6 rings (SSSR count). The zero-order valence-corrected chi connectivity index (χ0v) is 20.0. The van der Waals surface area contributed by atoms with Crippen LogP contribution in [0.1, 0.15) is 129 Å². The normalized spacial score (nSPS) is 23.2. The number of carboxylic acids is 1. The maximum absolute atomic E-state index is 11.2. The Morgan fingerprint density at radius 1 is 0.903 bits per heavy atom. The lowest BCUT2D eigenvalue weighted by Crippen LogP contribution is -2.41. The summed E-state index contributed by atoms with van der Waals surface area (Å²) in [5.74, 6) is -0.148. The number of hydrogen-bond donors (Lipinski definition) is 1. The number of carboxylic acid groups (broad SMARTS) is 1. The summed E-state index contributed by atoms with van der Waals surface area (Å²) in [4.78, 5) is 21.5. The number of allylic oxidation sites excluding steroid dienone is 1. The Balaban J connectivity index is 0.000000254. The monoisotopic (exact) mass is 434 g/mol. The Morgan fingerprint density at radius 3 is 1.81 bits per heavy atom. The molecule has 0 radical (unpaired) electrons. The predicted molar refractivity (Wildman–Crippen MR) is 126 cm³/mol. The largest absolute Gasteiger partial charge is 0.481 e. The molecule has 0 aromatic rings. The van der Waals surface area contributed by atoms with Crippen molar-refractivity contribution in [1.29, 1.82) is 0 Å². The molecule has 4 heteroatoms. The van der Waals surface area contributed by atoms with Crippen molar-refractivity contribution in [3.05, 3.63) is 11.6 Å². The average molecular weight is 435 g/mol. The molecule has 1 spiro atoms. The molecule has 1 saturated carbocycles. The van der Waals surface area contributed by atoms with Gasteiger partial charge in [0.15, 0.2) is 0 Å². The Bertz CT molecular complexity index is 560. The molecule has 3 aliphatic heterocycles. The molecule has 6 aliphatic rings. The first-order valence-electron chi connectivity index (χ1n) is 13.2. The van der Waals surface area contributed by atoms with E-state index in [9.17, 15) is 9.59 Å². The smallest absolute Gasteiger partial charge is 0.333 e. The fourth-order valence-electron chi connectivity index (χ4n) is 5.24. The van der Waals surface area contributed by atoms with Crippen LogP contribution < -0.4 is 0 Å². The molecular formula is C27H46O4. The standard InChI is InChI=1S/C18H36O2.C9H10O2/c1-2-3-4-5-6-7-8-9-10-11-12-13-14-15-16-17-18(19)20;10-8-7-1-2-9(5-11-8)3-6(7)4-9/h2-17H2,1H3,(H,19,20);1,6H,2-5H2. The molecule has 3 bridgehead atoms. The Labute approximate surface area is 190 Å². The first-order valence-corrected chi connectivity index (χ1v) is 13.2. The van der Waals surface area contributed by atoms with Crippen molar-refractivity contribution in [3.8, 4) is 0 Å². The number of hydrogen-bond acceptors (Lipinski definition) is 3. The van der Waals surface area contributed by atoms with Gasteiger partial charge >= 0.3 is 11.9 Å². The van der Waals surface area contributed by atoms with Crippen LogP contribution in [0.5, 0.6) is 0 Å². The van der Waals surface area contributed by atoms with Crippen LogP contribution in [0.15, 0.2) is 11.6 Å². The van der Waals surface area contributed by atoms with Crippen molar-refractivity contribution in [2.45, 2.75) is 129 Å². The number of ether oxygens (including phenoxy) is 1. The number of aliphatic carboxylic acids is 1. The van der Waals surface area contributed by atoms with Gasteiger partial charge in [-0.3, -0.25) is 4.79 Å². The van der Waals surface area contributed by atoms with Crippen LogP contribution in [0.2, 0.25) is 0 Å². The lowest BCUT2D eigenvalue weighted by molar-refractivity contribution is -0.140. The fourth-order valence-corrected chi connectivity index (χ4v) is 5.24. The van der Waals surface area contributed by atoms with Crippen LogP contribution in [0.3, 0.4) is 0 Å². The summed E-state index contributed by atoms with van der Waals surface area (Å²) in [5, 5.41) is 8.52. The lowest BCUT2D eigenvalue weighted by atomic mass is 9.55. The molecule has 1 N–H and O–H groups in total. The van der Waals surface area contributed by atoms with E-state index in [-0.39, 0.29) is 5.97 Å². The van der Waals surface area contributed by atoms with Gasteiger partial charge in [-0.1, -0.05) is 103 Å². The van der Waals surface area contributed by atoms with E-state index < -0.39 is 5.97 Å². The van der Waals surface area contributed by atoms with Gasteiger partial charge in [0.1, 0.15) is 0 Å². The molecule has 0 unspecified atom stereocenters. The maximum Gasteiger partial charge on any atom is 0.333 e. The molecule has 3 fully saturated rings. The summed E-state index contributed by atoms with van der Waals surface area (Å²) in [6, 6.07) is 0. The highest BCUT2D eigenvalue weighted by atomic mass is 16.5. The first-order chi connectivity index (χ1) is 15.1. The van der Waals surface area contributed by atoms with Crippen LogP contribution in [0, 0.1) is 11.3 Å². The minimum Gasteiger partial charge on any atom is -0.481 e. The minimum atomic E-state index is -0.653. The highest BCUT2D eigenvalue weighted by molar-refractivity contribution is 5.90. The molecule has 0 amide bonds. The number of carbonyl (C=O) groups is 2. The summed E-state index contributed by atoms with van der Waals surface area (Å²) in [6.07, 6.45) is 25.8. The maximum atomic E-state index is 11.2. The molecule has 4 nitrogen and oxygen atoms in total. The zero-order valence-electron chi connectivity index (χ0n) is 20.0. The molecule has 178 valence electrons. The second kappa shape index (κ2) is 14.7. The van der Waals surface area contributed by atoms with Gasteiger partial charge in [0.25, 0.3) is 0 Å². The van der Waals surface area contributed by atoms with Gasteiger partial charge in [0.2, 0.25) is 0 Å². The Hall–Kier alpha value is -1.32. The Kier molecular flexibility index (Phi) is 12.3. The van der Waals surface area contributed by atoms with Crippen molar-refractivity contribution in [1.82, 2.24) is 0 Å². The SMILES string of the molecule is CCCCCCCCCCCCCCCCCC(=O)O.O=C1OCC23CC=C1C(C2)C3.